The lowest BCUT2D eigenvalue weighted by atomic mass is 10.1. The molecule has 0 saturated heterocycles. The third kappa shape index (κ3) is 4.62. The number of carbonyl (C=O) groups excluding carboxylic acids is 1. The average molecular weight is 380 g/mol. The molecule has 142 valence electrons. The summed E-state index contributed by atoms with van der Waals surface area (Å²) in [4.78, 5) is 25.6. The minimum absolute atomic E-state index is 0.0394. The molecule has 2 aliphatic carbocycles. The van der Waals surface area contributed by atoms with Gasteiger partial charge in [-0.25, -0.2) is 13.1 Å². The van der Waals surface area contributed by atoms with Gasteiger partial charge < -0.3 is 10.0 Å². The third-order valence-electron chi connectivity index (χ3n) is 4.79. The van der Waals surface area contributed by atoms with Crippen molar-refractivity contribution in [2.24, 2.45) is 11.8 Å². The van der Waals surface area contributed by atoms with E-state index in [-0.39, 0.29) is 29.0 Å². The van der Waals surface area contributed by atoms with Gasteiger partial charge in [0.2, 0.25) is 10.0 Å². The molecule has 2 N–H and O–H groups in total. The molecule has 3 rings (SSSR count). The van der Waals surface area contributed by atoms with Crippen molar-refractivity contribution in [3.05, 3.63) is 29.8 Å². The normalized spacial score (nSPS) is 18.3. The van der Waals surface area contributed by atoms with Crippen molar-refractivity contribution in [2.45, 2.75) is 43.5 Å². The largest absolute Gasteiger partial charge is 0.481 e. The van der Waals surface area contributed by atoms with Gasteiger partial charge in [-0.1, -0.05) is 13.0 Å². The van der Waals surface area contributed by atoms with Crippen LogP contribution in [0.25, 0.3) is 0 Å². The number of nitrogens with zero attached hydrogens (tertiary/aromatic N) is 1. The lowest BCUT2D eigenvalue weighted by Crippen LogP contribution is -2.38. The molecule has 0 aromatic heterocycles. The predicted octanol–water partition coefficient (Wildman–Crippen LogP) is 1.70. The molecule has 0 aliphatic heterocycles. The summed E-state index contributed by atoms with van der Waals surface area (Å²) >= 11 is 0. The Morgan fingerprint density at radius 1 is 1.27 bits per heavy atom. The van der Waals surface area contributed by atoms with E-state index in [4.69, 9.17) is 5.11 Å². The van der Waals surface area contributed by atoms with Crippen molar-refractivity contribution >= 4 is 21.9 Å². The van der Waals surface area contributed by atoms with Gasteiger partial charge in [0.25, 0.3) is 5.91 Å². The summed E-state index contributed by atoms with van der Waals surface area (Å²) in [5.74, 6) is -1.53. The van der Waals surface area contributed by atoms with Crippen LogP contribution in [0.1, 0.15) is 43.0 Å². The number of carboxylic acids is 1. The fourth-order valence-corrected chi connectivity index (χ4v) is 3.91. The van der Waals surface area contributed by atoms with Crippen molar-refractivity contribution in [2.75, 3.05) is 13.1 Å². The third-order valence-corrected chi connectivity index (χ3v) is 6.21. The standard InChI is InChI=1S/C18H24N2O5S/c1-12(18(22)23)11-20(15-7-8-15)17(21)14-3-2-4-16(9-14)26(24,25)19-10-13-5-6-13/h2-4,9,12-13,15,19H,5-8,10-11H2,1H3,(H,22,23). The molecule has 2 aliphatic rings. The second kappa shape index (κ2) is 7.36. The molecule has 1 amide bonds. The Bertz CT molecular complexity index is 800. The molecular formula is C18H24N2O5S. The molecule has 1 aromatic rings. The molecule has 0 radical (unpaired) electrons. The maximum atomic E-state index is 12.9. The Balaban J connectivity index is 1.76. The van der Waals surface area contributed by atoms with Crippen LogP contribution in [0.15, 0.2) is 29.2 Å². The van der Waals surface area contributed by atoms with Crippen LogP contribution in [-0.2, 0) is 14.8 Å². The number of hydrogen-bond acceptors (Lipinski definition) is 4. The summed E-state index contributed by atoms with van der Waals surface area (Å²) in [5, 5.41) is 9.12. The summed E-state index contributed by atoms with van der Waals surface area (Å²) in [7, 11) is -3.65. The summed E-state index contributed by atoms with van der Waals surface area (Å²) in [6.07, 6.45) is 3.77. The number of rotatable bonds is 9. The highest BCUT2D eigenvalue weighted by Crippen LogP contribution is 2.30. The number of carboxylic acid groups (broad SMARTS) is 1. The first kappa shape index (κ1) is 18.8. The van der Waals surface area contributed by atoms with E-state index in [1.165, 1.54) is 12.1 Å². The van der Waals surface area contributed by atoms with Gasteiger partial charge in [-0.3, -0.25) is 9.59 Å². The van der Waals surface area contributed by atoms with Crippen molar-refractivity contribution in [1.29, 1.82) is 0 Å². The number of nitrogens with one attached hydrogen (secondary N) is 1. The summed E-state index contributed by atoms with van der Waals surface area (Å²) in [6, 6.07) is 6.00. The van der Waals surface area contributed by atoms with Crippen LogP contribution < -0.4 is 4.72 Å². The van der Waals surface area contributed by atoms with Gasteiger partial charge >= 0.3 is 5.97 Å². The van der Waals surface area contributed by atoms with E-state index in [0.29, 0.717) is 12.5 Å². The van der Waals surface area contributed by atoms with Gasteiger partial charge in [0.15, 0.2) is 0 Å². The van der Waals surface area contributed by atoms with E-state index in [0.717, 1.165) is 25.7 Å². The Morgan fingerprint density at radius 2 is 1.96 bits per heavy atom. The average Bonchev–Trinajstić information content (AvgIpc) is 3.50. The number of carbonyl (C=O) groups is 2. The van der Waals surface area contributed by atoms with E-state index >= 15 is 0 Å². The van der Waals surface area contributed by atoms with E-state index in [9.17, 15) is 18.0 Å². The lowest BCUT2D eigenvalue weighted by molar-refractivity contribution is -0.141. The highest BCUT2D eigenvalue weighted by molar-refractivity contribution is 7.89. The molecule has 0 spiro atoms. The number of aliphatic carboxylic acids is 1. The summed E-state index contributed by atoms with van der Waals surface area (Å²) in [6.45, 7) is 2.11. The van der Waals surface area contributed by atoms with Gasteiger partial charge in [0.05, 0.1) is 10.8 Å². The van der Waals surface area contributed by atoms with E-state index in [1.807, 2.05) is 0 Å². The number of benzene rings is 1. The molecule has 1 aromatic carbocycles. The number of hydrogen-bond donors (Lipinski definition) is 2. The van der Waals surface area contributed by atoms with Crippen LogP contribution in [0.3, 0.4) is 0 Å². The van der Waals surface area contributed by atoms with Gasteiger partial charge in [0.1, 0.15) is 0 Å². The summed E-state index contributed by atoms with van der Waals surface area (Å²) < 4.78 is 27.4. The van der Waals surface area contributed by atoms with Gasteiger partial charge in [-0.2, -0.15) is 0 Å². The molecule has 8 heteroatoms. The second-order valence-corrected chi connectivity index (χ2v) is 9.02. The van der Waals surface area contributed by atoms with Crippen LogP contribution in [-0.4, -0.2) is 49.4 Å². The Hall–Kier alpha value is -1.93. The van der Waals surface area contributed by atoms with Gasteiger partial charge in [-0.05, 0) is 49.8 Å². The molecule has 2 saturated carbocycles. The molecule has 7 nitrogen and oxygen atoms in total. The van der Waals surface area contributed by atoms with Crippen LogP contribution in [0.5, 0.6) is 0 Å². The first-order chi connectivity index (χ1) is 12.3. The zero-order chi connectivity index (χ0) is 18.9. The van der Waals surface area contributed by atoms with Gasteiger partial charge in [-0.15, -0.1) is 0 Å². The molecule has 0 bridgehead atoms. The van der Waals surface area contributed by atoms with E-state index in [1.54, 1.807) is 24.0 Å². The van der Waals surface area contributed by atoms with Crippen LogP contribution in [0.4, 0.5) is 0 Å². The van der Waals surface area contributed by atoms with Gasteiger partial charge in [0, 0.05) is 24.7 Å². The van der Waals surface area contributed by atoms with Crippen molar-refractivity contribution in [3.63, 3.8) is 0 Å². The number of amides is 1. The Labute approximate surface area is 153 Å². The lowest BCUT2D eigenvalue weighted by Gasteiger charge is -2.24. The van der Waals surface area contributed by atoms with Crippen molar-refractivity contribution in [3.8, 4) is 0 Å². The molecule has 2 fully saturated rings. The SMILES string of the molecule is CC(CN(C(=O)c1cccc(S(=O)(=O)NCC2CC2)c1)C1CC1)C(=O)O. The predicted molar refractivity (Wildman–Crippen MR) is 95.2 cm³/mol. The molecule has 1 atom stereocenters. The van der Waals surface area contributed by atoms with Crippen molar-refractivity contribution in [1.82, 2.24) is 9.62 Å². The van der Waals surface area contributed by atoms with E-state index < -0.39 is 21.9 Å². The topological polar surface area (TPSA) is 104 Å². The fourth-order valence-electron chi connectivity index (χ4n) is 2.75. The highest BCUT2D eigenvalue weighted by atomic mass is 32.2. The van der Waals surface area contributed by atoms with Crippen LogP contribution >= 0.6 is 0 Å². The maximum Gasteiger partial charge on any atom is 0.308 e. The van der Waals surface area contributed by atoms with Crippen LogP contribution in [0.2, 0.25) is 0 Å². The maximum absolute atomic E-state index is 12.9. The number of sulfonamides is 1. The first-order valence-corrected chi connectivity index (χ1v) is 10.4. The van der Waals surface area contributed by atoms with Crippen LogP contribution in [0, 0.1) is 11.8 Å². The van der Waals surface area contributed by atoms with Crippen molar-refractivity contribution < 1.29 is 23.1 Å². The minimum Gasteiger partial charge on any atom is -0.481 e. The Kier molecular flexibility index (Phi) is 5.34. The smallest absolute Gasteiger partial charge is 0.308 e. The zero-order valence-electron chi connectivity index (χ0n) is 14.7. The molecule has 0 heterocycles. The molecular weight excluding hydrogens is 356 g/mol. The molecule has 26 heavy (non-hydrogen) atoms. The quantitative estimate of drug-likeness (QED) is 0.679. The monoisotopic (exact) mass is 380 g/mol. The second-order valence-electron chi connectivity index (χ2n) is 7.25. The summed E-state index contributed by atoms with van der Waals surface area (Å²) in [5.41, 5.74) is 0.267. The highest BCUT2D eigenvalue weighted by Gasteiger charge is 2.35. The Morgan fingerprint density at radius 3 is 2.54 bits per heavy atom. The fraction of sp³-hybridized carbons (Fsp3) is 0.556. The van der Waals surface area contributed by atoms with E-state index in [2.05, 4.69) is 4.72 Å². The molecule has 1 unspecified atom stereocenters. The minimum atomic E-state index is -3.65. The zero-order valence-corrected chi connectivity index (χ0v) is 15.5. The first-order valence-electron chi connectivity index (χ1n) is 8.91.